The molecule has 0 unspecified atom stereocenters. The van der Waals surface area contributed by atoms with Crippen molar-refractivity contribution in [3.05, 3.63) is 17.0 Å². The topological polar surface area (TPSA) is 77.5 Å². The van der Waals surface area contributed by atoms with E-state index in [0.29, 0.717) is 12.5 Å². The Morgan fingerprint density at radius 3 is 2.64 bits per heavy atom. The third kappa shape index (κ3) is 6.51. The number of nitrogens with zero attached hydrogens (tertiary/aromatic N) is 3. The Labute approximate surface area is 150 Å². The van der Waals surface area contributed by atoms with E-state index in [1.807, 2.05) is 18.7 Å². The zero-order valence-corrected chi connectivity index (χ0v) is 16.5. The fourth-order valence-electron chi connectivity index (χ4n) is 2.33. The summed E-state index contributed by atoms with van der Waals surface area (Å²) in [4.78, 5) is 4.43. The van der Waals surface area contributed by atoms with Crippen LogP contribution in [0.3, 0.4) is 0 Å². The Balaban J connectivity index is 0.00000441. The minimum atomic E-state index is 0. The van der Waals surface area contributed by atoms with Crippen molar-refractivity contribution in [2.24, 2.45) is 17.8 Å². The quantitative estimate of drug-likeness (QED) is 0.276. The van der Waals surface area contributed by atoms with E-state index < -0.39 is 0 Å². The fourth-order valence-corrected chi connectivity index (χ4v) is 2.33. The highest BCUT2D eigenvalue weighted by molar-refractivity contribution is 14.0. The van der Waals surface area contributed by atoms with Crippen LogP contribution in [0.5, 0.6) is 0 Å². The predicted molar refractivity (Wildman–Crippen MR) is 102 cm³/mol. The van der Waals surface area contributed by atoms with Crippen LogP contribution in [-0.2, 0) is 31.2 Å². The number of hydrogen-bond donors (Lipinski definition) is 2. The Bertz CT molecular complexity index is 459. The van der Waals surface area contributed by atoms with Crippen LogP contribution < -0.4 is 11.1 Å². The van der Waals surface area contributed by atoms with Crippen LogP contribution in [0.1, 0.15) is 44.1 Å². The molecule has 0 saturated heterocycles. The lowest BCUT2D eigenvalue weighted by Crippen LogP contribution is -2.32. The third-order valence-corrected chi connectivity index (χ3v) is 3.41. The standard InChI is InChI=1S/C15H29N5O.HI/c1-5-13-12(14(6-2)20(4)19-13)11-18-15(16)17-9-8-10-21-7-3;/h5-11H2,1-4H3,(H3,16,17,18);1H. The van der Waals surface area contributed by atoms with Crippen molar-refractivity contribution < 1.29 is 4.74 Å². The van der Waals surface area contributed by atoms with Gasteiger partial charge in [0.05, 0.1) is 12.2 Å². The highest BCUT2D eigenvalue weighted by Gasteiger charge is 2.12. The summed E-state index contributed by atoms with van der Waals surface area (Å²) in [5, 5.41) is 7.66. The number of aliphatic imine (C=N–C) groups is 1. The number of hydrogen-bond acceptors (Lipinski definition) is 3. The number of aryl methyl sites for hydroxylation is 2. The third-order valence-electron chi connectivity index (χ3n) is 3.41. The van der Waals surface area contributed by atoms with Gasteiger partial charge in [-0.2, -0.15) is 5.10 Å². The van der Waals surface area contributed by atoms with E-state index in [2.05, 4.69) is 29.3 Å². The molecule has 0 atom stereocenters. The van der Waals surface area contributed by atoms with Gasteiger partial charge < -0.3 is 15.8 Å². The second-order valence-corrected chi connectivity index (χ2v) is 4.88. The highest BCUT2D eigenvalue weighted by atomic mass is 127. The molecular formula is C15H30IN5O. The fraction of sp³-hybridized carbons (Fsp3) is 0.733. The van der Waals surface area contributed by atoms with Gasteiger partial charge >= 0.3 is 0 Å². The van der Waals surface area contributed by atoms with Gasteiger partial charge in [0.15, 0.2) is 5.96 Å². The average Bonchev–Trinajstić information content (AvgIpc) is 2.79. The zero-order valence-electron chi connectivity index (χ0n) is 14.2. The average molecular weight is 423 g/mol. The van der Waals surface area contributed by atoms with Crippen LogP contribution in [0.2, 0.25) is 0 Å². The molecule has 0 bridgehead atoms. The van der Waals surface area contributed by atoms with Crippen molar-refractivity contribution in [3.8, 4) is 0 Å². The van der Waals surface area contributed by atoms with Gasteiger partial charge in [0.1, 0.15) is 0 Å². The number of nitrogens with two attached hydrogens (primary N) is 1. The first kappa shape index (κ1) is 21.2. The number of nitrogens with one attached hydrogen (secondary N) is 1. The van der Waals surface area contributed by atoms with Gasteiger partial charge in [0.25, 0.3) is 0 Å². The van der Waals surface area contributed by atoms with Crippen LogP contribution in [0.15, 0.2) is 4.99 Å². The van der Waals surface area contributed by atoms with Gasteiger partial charge in [-0.15, -0.1) is 24.0 Å². The molecule has 0 spiro atoms. The van der Waals surface area contributed by atoms with Crippen molar-refractivity contribution in [2.45, 2.75) is 46.6 Å². The van der Waals surface area contributed by atoms with E-state index in [1.165, 1.54) is 11.3 Å². The smallest absolute Gasteiger partial charge is 0.188 e. The van der Waals surface area contributed by atoms with Gasteiger partial charge in [0, 0.05) is 38.1 Å². The summed E-state index contributed by atoms with van der Waals surface area (Å²) in [7, 11) is 1.99. The van der Waals surface area contributed by atoms with E-state index in [4.69, 9.17) is 10.5 Å². The molecule has 0 amide bonds. The van der Waals surface area contributed by atoms with Crippen molar-refractivity contribution >= 4 is 29.9 Å². The molecule has 0 saturated carbocycles. The second-order valence-electron chi connectivity index (χ2n) is 4.88. The number of guanidine groups is 1. The maximum Gasteiger partial charge on any atom is 0.188 e. The van der Waals surface area contributed by atoms with Crippen LogP contribution >= 0.6 is 24.0 Å². The Morgan fingerprint density at radius 1 is 1.32 bits per heavy atom. The molecule has 0 aliphatic rings. The predicted octanol–water partition coefficient (Wildman–Crippen LogP) is 1.99. The molecule has 1 aromatic rings. The lowest BCUT2D eigenvalue weighted by Gasteiger charge is -2.06. The summed E-state index contributed by atoms with van der Waals surface area (Å²) in [6.45, 7) is 9.12. The summed E-state index contributed by atoms with van der Waals surface area (Å²) in [6, 6.07) is 0. The van der Waals surface area contributed by atoms with Crippen LogP contribution in [0.25, 0.3) is 0 Å². The first-order valence-corrected chi connectivity index (χ1v) is 7.79. The zero-order chi connectivity index (χ0) is 15.7. The van der Waals surface area contributed by atoms with E-state index in [1.54, 1.807) is 0 Å². The second kappa shape index (κ2) is 11.7. The lowest BCUT2D eigenvalue weighted by molar-refractivity contribution is 0.145. The molecular weight excluding hydrogens is 393 g/mol. The molecule has 6 nitrogen and oxygen atoms in total. The molecule has 128 valence electrons. The minimum Gasteiger partial charge on any atom is -0.382 e. The molecule has 0 fully saturated rings. The van der Waals surface area contributed by atoms with Crippen LogP contribution in [0, 0.1) is 0 Å². The van der Waals surface area contributed by atoms with E-state index in [9.17, 15) is 0 Å². The summed E-state index contributed by atoms with van der Waals surface area (Å²) < 4.78 is 7.23. The maximum absolute atomic E-state index is 5.90. The molecule has 1 heterocycles. The molecule has 1 aromatic heterocycles. The summed E-state index contributed by atoms with van der Waals surface area (Å²) >= 11 is 0. The van der Waals surface area contributed by atoms with Crippen molar-refractivity contribution in [1.82, 2.24) is 15.1 Å². The highest BCUT2D eigenvalue weighted by Crippen LogP contribution is 2.16. The van der Waals surface area contributed by atoms with E-state index in [-0.39, 0.29) is 24.0 Å². The van der Waals surface area contributed by atoms with Gasteiger partial charge in [-0.3, -0.25) is 4.68 Å². The van der Waals surface area contributed by atoms with Crippen molar-refractivity contribution in [1.29, 1.82) is 0 Å². The van der Waals surface area contributed by atoms with Crippen LogP contribution in [0.4, 0.5) is 0 Å². The summed E-state index contributed by atoms with van der Waals surface area (Å²) in [5.74, 6) is 0.486. The number of aromatic nitrogens is 2. The Morgan fingerprint density at radius 2 is 2.05 bits per heavy atom. The summed E-state index contributed by atoms with van der Waals surface area (Å²) in [6.07, 6.45) is 2.80. The van der Waals surface area contributed by atoms with Gasteiger partial charge in [-0.1, -0.05) is 13.8 Å². The number of ether oxygens (including phenoxy) is 1. The lowest BCUT2D eigenvalue weighted by atomic mass is 10.1. The number of rotatable bonds is 9. The van der Waals surface area contributed by atoms with E-state index >= 15 is 0 Å². The van der Waals surface area contributed by atoms with Gasteiger partial charge in [0.2, 0.25) is 0 Å². The molecule has 0 aromatic carbocycles. The van der Waals surface area contributed by atoms with Crippen molar-refractivity contribution in [3.63, 3.8) is 0 Å². The normalized spacial score (nSPS) is 11.4. The first-order chi connectivity index (χ1) is 10.1. The molecule has 22 heavy (non-hydrogen) atoms. The van der Waals surface area contributed by atoms with Crippen LogP contribution in [-0.4, -0.2) is 35.5 Å². The SMILES string of the molecule is CCOCCCNC(N)=NCc1c(CC)nn(C)c1CC.I. The maximum atomic E-state index is 5.90. The molecule has 0 aliphatic heterocycles. The Kier molecular flexibility index (Phi) is 11.3. The summed E-state index contributed by atoms with van der Waals surface area (Å²) in [5.41, 5.74) is 9.46. The largest absolute Gasteiger partial charge is 0.382 e. The molecule has 3 N–H and O–H groups in total. The minimum absolute atomic E-state index is 0. The first-order valence-electron chi connectivity index (χ1n) is 7.79. The molecule has 0 aliphatic carbocycles. The molecule has 7 heteroatoms. The van der Waals surface area contributed by atoms with Gasteiger partial charge in [-0.05, 0) is 26.2 Å². The van der Waals surface area contributed by atoms with Crippen molar-refractivity contribution in [2.75, 3.05) is 19.8 Å². The molecule has 1 rings (SSSR count). The van der Waals surface area contributed by atoms with Gasteiger partial charge in [-0.25, -0.2) is 4.99 Å². The molecule has 0 radical (unpaired) electrons. The van der Waals surface area contributed by atoms with E-state index in [0.717, 1.165) is 44.7 Å². The monoisotopic (exact) mass is 423 g/mol. The number of halogens is 1. The Hall–Kier alpha value is -0.830.